The van der Waals surface area contributed by atoms with Gasteiger partial charge < -0.3 is 19.7 Å². The van der Waals surface area contributed by atoms with Crippen molar-refractivity contribution in [3.05, 3.63) is 109 Å². The minimum absolute atomic E-state index is 0.0579. The molecule has 36 heavy (non-hydrogen) atoms. The molecule has 0 aliphatic rings. The number of H-pyrrole nitrogens is 3. The van der Waals surface area contributed by atoms with Gasteiger partial charge in [0.2, 0.25) is 0 Å². The van der Waals surface area contributed by atoms with E-state index in [1.165, 1.54) is 17.2 Å². The van der Waals surface area contributed by atoms with Crippen molar-refractivity contribution in [3.8, 4) is 5.75 Å². The van der Waals surface area contributed by atoms with Crippen LogP contribution in [0, 0.1) is 0 Å². The lowest BCUT2D eigenvalue weighted by Crippen LogP contribution is -2.48. The molecular weight excluding hydrogens is 458 g/mol. The van der Waals surface area contributed by atoms with Gasteiger partial charge in [-0.25, -0.2) is 4.98 Å². The number of amides is 1. The van der Waals surface area contributed by atoms with Crippen LogP contribution in [0.1, 0.15) is 42.5 Å². The third-order valence-corrected chi connectivity index (χ3v) is 5.53. The second-order valence-corrected chi connectivity index (χ2v) is 9.16. The van der Waals surface area contributed by atoms with E-state index < -0.39 is 11.1 Å². The van der Waals surface area contributed by atoms with Gasteiger partial charge >= 0.3 is 0 Å². The van der Waals surface area contributed by atoms with E-state index in [0.717, 1.165) is 5.69 Å². The van der Waals surface area contributed by atoms with Crippen LogP contribution in [-0.4, -0.2) is 33.0 Å². The number of anilines is 1. The van der Waals surface area contributed by atoms with E-state index in [1.807, 2.05) is 26.8 Å². The average molecular weight is 486 g/mol. The van der Waals surface area contributed by atoms with E-state index in [1.54, 1.807) is 62.0 Å². The normalized spacial score (nSPS) is 12.6. The Kier molecular flexibility index (Phi) is 6.73. The highest BCUT2D eigenvalue weighted by atomic mass is 16.5. The first-order valence-electron chi connectivity index (χ1n) is 11.3. The van der Waals surface area contributed by atoms with Gasteiger partial charge in [0.15, 0.2) is 0 Å². The third kappa shape index (κ3) is 5.20. The van der Waals surface area contributed by atoms with E-state index in [4.69, 9.17) is 4.74 Å². The average Bonchev–Trinajstić information content (AvgIpc) is 3.34. The molecule has 0 spiro atoms. The zero-order valence-corrected chi connectivity index (χ0v) is 20.5. The molecule has 0 unspecified atom stereocenters. The number of rotatable bonds is 5. The minimum atomic E-state index is -0.558. The standard InChI is InChI=1S/C27H27N5O4/c1-27(2,3)23-20(28-16-29-23)14-21-24(33)31-22(25(34)30-21)15-32(18-8-6-5-7-9-18)26(35)17-10-12-19(36-4)13-11-17/h5-16H,1-4H3,(H,28,29)(H,30,34)(H,31,33)/b21-14-,22-15-. The van der Waals surface area contributed by atoms with E-state index in [0.29, 0.717) is 22.7 Å². The SMILES string of the molecule is COc1ccc(C(=O)N(/C=c2\[nH]c(=O)/c(=C/c3nc[nH]c3C(C)(C)C)[nH]c2=O)c2ccccc2)cc1. The summed E-state index contributed by atoms with van der Waals surface area (Å²) in [7, 11) is 1.54. The van der Waals surface area contributed by atoms with Crippen molar-refractivity contribution in [3.63, 3.8) is 0 Å². The Morgan fingerprint density at radius 3 is 2.22 bits per heavy atom. The van der Waals surface area contributed by atoms with Crippen LogP contribution < -0.4 is 31.5 Å². The number of imidazole rings is 1. The second-order valence-electron chi connectivity index (χ2n) is 9.16. The molecule has 0 atom stereocenters. The molecule has 2 aromatic heterocycles. The number of carbonyl (C=O) groups is 1. The number of ether oxygens (including phenoxy) is 1. The zero-order chi connectivity index (χ0) is 25.9. The van der Waals surface area contributed by atoms with Gasteiger partial charge in [-0.15, -0.1) is 0 Å². The highest BCUT2D eigenvalue weighted by Gasteiger charge is 2.19. The molecule has 0 fully saturated rings. The molecule has 4 aromatic rings. The van der Waals surface area contributed by atoms with E-state index in [2.05, 4.69) is 19.9 Å². The summed E-state index contributed by atoms with van der Waals surface area (Å²) < 4.78 is 5.17. The molecule has 184 valence electrons. The molecule has 2 heterocycles. The molecule has 0 aliphatic heterocycles. The summed E-state index contributed by atoms with van der Waals surface area (Å²) in [6.07, 6.45) is 4.39. The van der Waals surface area contributed by atoms with Gasteiger partial charge in [-0.2, -0.15) is 0 Å². The number of methoxy groups -OCH3 is 1. The summed E-state index contributed by atoms with van der Waals surface area (Å²) in [4.78, 5) is 53.1. The number of aromatic amines is 3. The maximum absolute atomic E-state index is 13.4. The largest absolute Gasteiger partial charge is 0.497 e. The highest BCUT2D eigenvalue weighted by Crippen LogP contribution is 2.23. The smallest absolute Gasteiger partial charge is 0.273 e. The van der Waals surface area contributed by atoms with Crippen molar-refractivity contribution in [1.29, 1.82) is 0 Å². The molecule has 0 radical (unpaired) electrons. The van der Waals surface area contributed by atoms with Crippen LogP contribution in [0.15, 0.2) is 70.5 Å². The number of nitrogens with one attached hydrogen (secondary N) is 3. The molecule has 0 saturated heterocycles. The molecule has 0 aliphatic carbocycles. The quantitative estimate of drug-likeness (QED) is 0.399. The minimum Gasteiger partial charge on any atom is -0.497 e. The van der Waals surface area contributed by atoms with Crippen molar-refractivity contribution in [2.45, 2.75) is 26.2 Å². The number of nitrogens with zero attached hydrogens (tertiary/aromatic N) is 2. The Balaban J connectivity index is 1.82. The van der Waals surface area contributed by atoms with Crippen LogP contribution in [0.4, 0.5) is 5.69 Å². The van der Waals surface area contributed by atoms with Crippen LogP contribution >= 0.6 is 0 Å². The maximum Gasteiger partial charge on any atom is 0.273 e. The number of hydrogen-bond donors (Lipinski definition) is 3. The van der Waals surface area contributed by atoms with E-state index >= 15 is 0 Å². The Labute approximate surface area is 206 Å². The molecule has 1 amide bonds. The van der Waals surface area contributed by atoms with Crippen molar-refractivity contribution in [1.82, 2.24) is 19.9 Å². The van der Waals surface area contributed by atoms with Crippen LogP contribution in [-0.2, 0) is 5.41 Å². The third-order valence-electron chi connectivity index (χ3n) is 5.53. The molecule has 0 saturated carbocycles. The molecular formula is C27H27N5O4. The van der Waals surface area contributed by atoms with Crippen LogP contribution in [0.5, 0.6) is 5.75 Å². The molecule has 2 aromatic carbocycles. The molecule has 9 heteroatoms. The lowest BCUT2D eigenvalue weighted by Gasteiger charge is -2.18. The first kappa shape index (κ1) is 24.5. The molecule has 0 bridgehead atoms. The number of benzene rings is 2. The predicted octanol–water partition coefficient (Wildman–Crippen LogP) is 2.01. The van der Waals surface area contributed by atoms with Crippen LogP contribution in [0.3, 0.4) is 0 Å². The van der Waals surface area contributed by atoms with Gasteiger partial charge in [-0.05, 0) is 42.5 Å². The maximum atomic E-state index is 13.4. The van der Waals surface area contributed by atoms with Crippen molar-refractivity contribution < 1.29 is 9.53 Å². The first-order chi connectivity index (χ1) is 17.2. The Morgan fingerprint density at radius 1 is 0.944 bits per heavy atom. The van der Waals surface area contributed by atoms with Crippen LogP contribution in [0.25, 0.3) is 12.3 Å². The lowest BCUT2D eigenvalue weighted by atomic mass is 9.90. The monoisotopic (exact) mass is 485 g/mol. The van der Waals surface area contributed by atoms with Gasteiger partial charge in [0.25, 0.3) is 17.0 Å². The first-order valence-corrected chi connectivity index (χ1v) is 11.3. The zero-order valence-electron chi connectivity index (χ0n) is 20.5. The van der Waals surface area contributed by atoms with Crippen molar-refractivity contribution >= 4 is 23.9 Å². The molecule has 4 rings (SSSR count). The summed E-state index contributed by atoms with van der Waals surface area (Å²) in [5, 5.41) is -0.0107. The topological polar surface area (TPSA) is 124 Å². The van der Waals surface area contributed by atoms with E-state index in [-0.39, 0.29) is 22.0 Å². The fraction of sp³-hybridized carbons (Fsp3) is 0.185. The summed E-state index contributed by atoms with van der Waals surface area (Å²) in [6.45, 7) is 6.04. The van der Waals surface area contributed by atoms with Gasteiger partial charge in [0.05, 0.1) is 19.1 Å². The van der Waals surface area contributed by atoms with Crippen molar-refractivity contribution in [2.24, 2.45) is 0 Å². The highest BCUT2D eigenvalue weighted by molar-refractivity contribution is 6.10. The predicted molar refractivity (Wildman–Crippen MR) is 138 cm³/mol. The fourth-order valence-corrected chi connectivity index (χ4v) is 3.68. The van der Waals surface area contributed by atoms with Gasteiger partial charge in [-0.1, -0.05) is 39.0 Å². The van der Waals surface area contributed by atoms with Gasteiger partial charge in [0, 0.05) is 28.6 Å². The van der Waals surface area contributed by atoms with Gasteiger partial charge in [-0.3, -0.25) is 19.3 Å². The van der Waals surface area contributed by atoms with Crippen molar-refractivity contribution in [2.75, 3.05) is 12.0 Å². The Hall–Kier alpha value is -4.66. The summed E-state index contributed by atoms with van der Waals surface area (Å²) in [5.41, 5.74) is 0.986. The lowest BCUT2D eigenvalue weighted by molar-refractivity contribution is 0.100. The van der Waals surface area contributed by atoms with E-state index in [9.17, 15) is 14.4 Å². The molecule has 9 nitrogen and oxygen atoms in total. The summed E-state index contributed by atoms with van der Waals surface area (Å²) in [6, 6.07) is 15.5. The Morgan fingerprint density at radius 2 is 1.58 bits per heavy atom. The molecule has 3 N–H and O–H groups in total. The van der Waals surface area contributed by atoms with Crippen LogP contribution in [0.2, 0.25) is 0 Å². The number of hydrogen-bond acceptors (Lipinski definition) is 5. The summed E-state index contributed by atoms with van der Waals surface area (Å²) in [5.74, 6) is 0.229. The second kappa shape index (κ2) is 9.91. The summed E-state index contributed by atoms with van der Waals surface area (Å²) >= 11 is 0. The fourth-order valence-electron chi connectivity index (χ4n) is 3.68. The Bertz CT molecular complexity index is 1610. The number of aromatic nitrogens is 4. The van der Waals surface area contributed by atoms with Gasteiger partial charge in [0.1, 0.15) is 16.4 Å². The number of carbonyl (C=O) groups excluding carboxylic acids is 1. The number of para-hydroxylation sites is 1.